The molecular formula is C45H57N5O10. The van der Waals surface area contributed by atoms with Crippen molar-refractivity contribution < 1.29 is 48.0 Å². The first-order valence-corrected chi connectivity index (χ1v) is 20.2. The standard InChI is InChI=1S/C45H57N5O10/c1-45(2,3)60-42(54)19-18-38(43(55)46-22-25-58-27-26-57-24-21-41(52)53)47-40(51)20-23-50-32(28-31-12-6-11-17-39(31)50)29-48(4)49(5)44(56)59-30-37-35-15-9-7-13-33(35)34-14-8-10-16-36(34)37/h6-17,28,37-38H,18-27,29-30H2,1-5H3,(H,46,55)(H,47,51)(H,52,53). The minimum atomic E-state index is -1.01. The predicted molar refractivity (Wildman–Crippen MR) is 225 cm³/mol. The summed E-state index contributed by atoms with van der Waals surface area (Å²) in [6.45, 7) is 6.87. The first-order chi connectivity index (χ1) is 28.7. The smallest absolute Gasteiger partial charge is 0.424 e. The van der Waals surface area contributed by atoms with Crippen molar-refractivity contribution in [2.24, 2.45) is 0 Å². The summed E-state index contributed by atoms with van der Waals surface area (Å²) < 4.78 is 24.0. The lowest BCUT2D eigenvalue weighted by molar-refractivity contribution is -0.155. The number of fused-ring (bicyclic) bond motifs is 4. The van der Waals surface area contributed by atoms with Crippen LogP contribution in [0.5, 0.6) is 0 Å². The SMILES string of the molecule is CN(Cc1cc2ccccc2n1CCC(=O)NC(CCC(=O)OC(C)(C)C)C(=O)NCCOCCOCCC(=O)O)N(C)C(=O)OCC1c2ccccc2-c2ccccc21. The summed E-state index contributed by atoms with van der Waals surface area (Å²) >= 11 is 0. The van der Waals surface area contributed by atoms with Crippen molar-refractivity contribution in [3.8, 4) is 11.1 Å². The lowest BCUT2D eigenvalue weighted by atomic mass is 9.98. The van der Waals surface area contributed by atoms with Gasteiger partial charge in [0.2, 0.25) is 11.8 Å². The molecule has 3 aromatic carbocycles. The first kappa shape index (κ1) is 45.3. The average Bonchev–Trinajstić information content (AvgIpc) is 3.73. The van der Waals surface area contributed by atoms with Gasteiger partial charge >= 0.3 is 18.0 Å². The second-order valence-corrected chi connectivity index (χ2v) is 15.6. The van der Waals surface area contributed by atoms with Crippen LogP contribution in [0, 0.1) is 0 Å². The van der Waals surface area contributed by atoms with E-state index in [0.717, 1.165) is 38.9 Å². The Bertz CT molecular complexity index is 2070. The monoisotopic (exact) mass is 827 g/mol. The lowest BCUT2D eigenvalue weighted by Gasteiger charge is -2.28. The van der Waals surface area contributed by atoms with Crippen molar-refractivity contribution in [1.29, 1.82) is 0 Å². The highest BCUT2D eigenvalue weighted by Gasteiger charge is 2.30. The molecule has 1 unspecified atom stereocenters. The van der Waals surface area contributed by atoms with Crippen LogP contribution in [-0.2, 0) is 51.2 Å². The number of aryl methyl sites for hydroxylation is 1. The van der Waals surface area contributed by atoms with Gasteiger partial charge in [0.05, 0.1) is 39.4 Å². The molecule has 4 aromatic rings. The van der Waals surface area contributed by atoms with Crippen LogP contribution in [0.4, 0.5) is 4.79 Å². The van der Waals surface area contributed by atoms with Gasteiger partial charge in [-0.2, -0.15) is 0 Å². The van der Waals surface area contributed by atoms with E-state index in [4.69, 9.17) is 24.1 Å². The summed E-state index contributed by atoms with van der Waals surface area (Å²) in [5, 5.41) is 18.4. The fraction of sp³-hybridized carbons (Fsp3) is 0.444. The summed E-state index contributed by atoms with van der Waals surface area (Å²) in [5.74, 6) is -2.37. The van der Waals surface area contributed by atoms with Gasteiger partial charge in [-0.3, -0.25) is 19.2 Å². The Kier molecular flexibility index (Phi) is 16.2. The predicted octanol–water partition coefficient (Wildman–Crippen LogP) is 5.49. The molecule has 5 rings (SSSR count). The molecule has 60 heavy (non-hydrogen) atoms. The molecule has 3 amide bonds. The van der Waals surface area contributed by atoms with E-state index in [9.17, 15) is 24.0 Å². The Morgan fingerprint density at radius 2 is 1.45 bits per heavy atom. The summed E-state index contributed by atoms with van der Waals surface area (Å²) in [6, 6.07) is 25.2. The van der Waals surface area contributed by atoms with Gasteiger partial charge in [0.25, 0.3) is 0 Å². The van der Waals surface area contributed by atoms with E-state index < -0.39 is 35.6 Å². The summed E-state index contributed by atoms with van der Waals surface area (Å²) in [7, 11) is 3.46. The maximum atomic E-state index is 13.5. The molecule has 1 heterocycles. The number of aromatic nitrogens is 1. The van der Waals surface area contributed by atoms with Gasteiger partial charge in [0.15, 0.2) is 0 Å². The number of para-hydroxylation sites is 1. The summed E-state index contributed by atoms with van der Waals surface area (Å²) in [6.07, 6.45) is -0.633. The third-order valence-corrected chi connectivity index (χ3v) is 10.0. The zero-order valence-corrected chi connectivity index (χ0v) is 35.1. The molecule has 1 aromatic heterocycles. The molecule has 0 aliphatic heterocycles. The Hall–Kier alpha value is -5.77. The van der Waals surface area contributed by atoms with Crippen molar-refractivity contribution in [1.82, 2.24) is 25.2 Å². The molecule has 0 saturated carbocycles. The first-order valence-electron chi connectivity index (χ1n) is 20.2. The number of amides is 3. The number of carboxylic acids is 1. The highest BCUT2D eigenvalue weighted by Crippen LogP contribution is 2.44. The van der Waals surface area contributed by atoms with Crippen molar-refractivity contribution in [2.75, 3.05) is 53.7 Å². The molecular weight excluding hydrogens is 771 g/mol. The number of esters is 1. The maximum Gasteiger partial charge on any atom is 0.424 e. The zero-order chi connectivity index (χ0) is 43.2. The van der Waals surface area contributed by atoms with Crippen LogP contribution >= 0.6 is 0 Å². The number of rotatable bonds is 22. The van der Waals surface area contributed by atoms with Crippen LogP contribution < -0.4 is 10.6 Å². The normalized spacial score (nSPS) is 12.8. The van der Waals surface area contributed by atoms with Gasteiger partial charge in [-0.05, 0) is 67.0 Å². The molecule has 0 bridgehead atoms. The van der Waals surface area contributed by atoms with Gasteiger partial charge in [0.1, 0.15) is 18.2 Å². The molecule has 3 N–H and O–H groups in total. The topological polar surface area (TPSA) is 178 Å². The third-order valence-electron chi connectivity index (χ3n) is 10.0. The number of aliphatic carboxylic acids is 1. The number of carbonyl (C=O) groups excluding carboxylic acids is 4. The van der Waals surface area contributed by atoms with Crippen LogP contribution in [0.15, 0.2) is 78.9 Å². The molecule has 322 valence electrons. The summed E-state index contributed by atoms with van der Waals surface area (Å²) in [5.41, 5.74) is 5.62. The number of carboxylic acid groups (broad SMARTS) is 1. The summed E-state index contributed by atoms with van der Waals surface area (Å²) in [4.78, 5) is 63.4. The number of hydrazine groups is 1. The number of nitrogens with zero attached hydrogens (tertiary/aromatic N) is 3. The molecule has 15 heteroatoms. The fourth-order valence-electron chi connectivity index (χ4n) is 7.08. The largest absolute Gasteiger partial charge is 0.481 e. The Balaban J connectivity index is 1.17. The molecule has 0 radical (unpaired) electrons. The van der Waals surface area contributed by atoms with E-state index in [1.165, 1.54) is 5.01 Å². The number of hydrogen-bond acceptors (Lipinski definition) is 10. The van der Waals surface area contributed by atoms with Gasteiger partial charge in [-0.25, -0.2) is 14.8 Å². The molecule has 1 aliphatic rings. The highest BCUT2D eigenvalue weighted by atomic mass is 16.6. The number of nitrogens with one attached hydrogen (secondary N) is 2. The lowest BCUT2D eigenvalue weighted by Crippen LogP contribution is -2.48. The number of carbonyl (C=O) groups is 5. The maximum absolute atomic E-state index is 13.5. The minimum absolute atomic E-state index is 0.0233. The number of benzene rings is 3. The van der Waals surface area contributed by atoms with Gasteiger partial charge in [-0.1, -0.05) is 66.7 Å². The van der Waals surface area contributed by atoms with Crippen molar-refractivity contribution >= 4 is 40.7 Å². The van der Waals surface area contributed by atoms with E-state index in [-0.39, 0.29) is 83.6 Å². The molecule has 1 atom stereocenters. The Morgan fingerprint density at radius 3 is 2.12 bits per heavy atom. The average molecular weight is 828 g/mol. The van der Waals surface area contributed by atoms with E-state index in [1.807, 2.05) is 59.2 Å². The van der Waals surface area contributed by atoms with E-state index in [2.05, 4.69) is 34.9 Å². The van der Waals surface area contributed by atoms with Crippen LogP contribution in [0.3, 0.4) is 0 Å². The molecule has 0 saturated heterocycles. The van der Waals surface area contributed by atoms with Crippen molar-refractivity contribution in [3.63, 3.8) is 0 Å². The highest BCUT2D eigenvalue weighted by molar-refractivity contribution is 5.88. The quantitative estimate of drug-likeness (QED) is 0.0519. The van der Waals surface area contributed by atoms with E-state index in [0.29, 0.717) is 6.54 Å². The van der Waals surface area contributed by atoms with Crippen LogP contribution in [-0.4, -0.2) is 115 Å². The van der Waals surface area contributed by atoms with Crippen LogP contribution in [0.25, 0.3) is 22.0 Å². The Labute approximate surface area is 350 Å². The van der Waals surface area contributed by atoms with E-state index in [1.54, 1.807) is 39.9 Å². The molecule has 15 nitrogen and oxygen atoms in total. The van der Waals surface area contributed by atoms with Crippen molar-refractivity contribution in [2.45, 2.75) is 77.1 Å². The van der Waals surface area contributed by atoms with Crippen molar-refractivity contribution in [3.05, 3.63) is 95.7 Å². The van der Waals surface area contributed by atoms with Crippen LogP contribution in [0.1, 0.15) is 69.2 Å². The second kappa shape index (κ2) is 21.5. The number of hydrogen-bond donors (Lipinski definition) is 3. The van der Waals surface area contributed by atoms with Gasteiger partial charge < -0.3 is 39.3 Å². The second-order valence-electron chi connectivity index (χ2n) is 15.6. The van der Waals surface area contributed by atoms with E-state index >= 15 is 0 Å². The fourth-order valence-corrected chi connectivity index (χ4v) is 7.08. The van der Waals surface area contributed by atoms with Gasteiger partial charge in [0, 0.05) is 57.2 Å². The van der Waals surface area contributed by atoms with Gasteiger partial charge in [-0.15, -0.1) is 0 Å². The zero-order valence-electron chi connectivity index (χ0n) is 35.1. The Morgan fingerprint density at radius 1 is 0.817 bits per heavy atom. The van der Waals surface area contributed by atoms with Crippen LogP contribution in [0.2, 0.25) is 0 Å². The number of ether oxygens (including phenoxy) is 4. The molecule has 0 fully saturated rings. The molecule has 1 aliphatic carbocycles. The molecule has 0 spiro atoms. The minimum Gasteiger partial charge on any atom is -0.481 e. The third kappa shape index (κ3) is 12.9.